The first-order chi connectivity index (χ1) is 21.2. The van der Waals surface area contributed by atoms with Crippen LogP contribution in [-0.2, 0) is 9.53 Å². The van der Waals surface area contributed by atoms with Gasteiger partial charge in [0.15, 0.2) is 0 Å². The molecule has 0 bridgehead atoms. The first kappa shape index (κ1) is 42.4. The quantitative estimate of drug-likeness (QED) is 0.0547. The minimum Gasteiger partial charge on any atom is -0.465 e. The summed E-state index contributed by atoms with van der Waals surface area (Å²) in [6.45, 7) is 4.75. The van der Waals surface area contributed by atoms with Gasteiger partial charge in [-0.15, -0.1) is 0 Å². The summed E-state index contributed by atoms with van der Waals surface area (Å²) in [6, 6.07) is 0. The van der Waals surface area contributed by atoms with Crippen molar-refractivity contribution in [3.63, 3.8) is 0 Å². The highest BCUT2D eigenvalue weighted by Gasteiger charge is 2.22. The number of carbonyl (C=O) groups is 1. The van der Waals surface area contributed by atoms with Crippen LogP contribution in [0, 0.1) is 5.92 Å². The number of ether oxygens (including phenoxy) is 1. The van der Waals surface area contributed by atoms with Gasteiger partial charge in [0.2, 0.25) is 0 Å². The number of aliphatic hydroxyl groups is 2. The predicted octanol–water partition coefficient (Wildman–Crippen LogP) is 12.0. The first-order valence-corrected chi connectivity index (χ1v) is 19.6. The number of esters is 1. The predicted molar refractivity (Wildman–Crippen MR) is 187 cm³/mol. The summed E-state index contributed by atoms with van der Waals surface area (Å²) in [5, 5.41) is 19.2. The number of unbranched alkanes of at least 4 members (excludes halogenated alkanes) is 28. The van der Waals surface area contributed by atoms with E-state index < -0.39 is 6.10 Å². The van der Waals surface area contributed by atoms with Crippen LogP contribution in [-0.4, -0.2) is 35.5 Å². The molecule has 0 saturated heterocycles. The molecule has 0 aliphatic carbocycles. The van der Waals surface area contributed by atoms with Crippen LogP contribution in [0.1, 0.15) is 219 Å². The van der Waals surface area contributed by atoms with Gasteiger partial charge in [-0.1, -0.05) is 200 Å². The molecule has 0 rings (SSSR count). The summed E-state index contributed by atoms with van der Waals surface area (Å²) in [6.07, 6.45) is 40.0. The van der Waals surface area contributed by atoms with Crippen molar-refractivity contribution in [2.75, 3.05) is 13.2 Å². The van der Waals surface area contributed by atoms with Crippen LogP contribution in [0.4, 0.5) is 0 Å². The molecule has 4 nitrogen and oxygen atoms in total. The topological polar surface area (TPSA) is 66.8 Å². The Balaban J connectivity index is 3.69. The number of hydrogen-bond donors (Lipinski definition) is 2. The average Bonchev–Trinajstić information content (AvgIpc) is 3.01. The Morgan fingerprint density at radius 1 is 0.488 bits per heavy atom. The monoisotopic (exact) mass is 611 g/mol. The molecular formula is C39H78O4. The largest absolute Gasteiger partial charge is 0.465 e. The number of carbonyl (C=O) groups excluding carboxylic acids is 1. The van der Waals surface area contributed by atoms with Crippen LogP contribution < -0.4 is 0 Å². The van der Waals surface area contributed by atoms with Crippen molar-refractivity contribution >= 4 is 5.97 Å². The molecule has 0 saturated carbocycles. The lowest BCUT2D eigenvalue weighted by atomic mass is 9.94. The Kier molecular flexibility index (Phi) is 35.4. The molecule has 2 N–H and O–H groups in total. The van der Waals surface area contributed by atoms with E-state index in [-0.39, 0.29) is 18.5 Å². The zero-order valence-corrected chi connectivity index (χ0v) is 29.4. The summed E-state index contributed by atoms with van der Waals surface area (Å²) in [4.78, 5) is 12.7. The van der Waals surface area contributed by atoms with E-state index in [1.807, 2.05) is 0 Å². The molecule has 4 heteroatoms. The molecule has 0 aromatic rings. The summed E-state index contributed by atoms with van der Waals surface area (Å²) in [7, 11) is 0. The third-order valence-corrected chi connectivity index (χ3v) is 9.25. The molecule has 2 atom stereocenters. The Hall–Kier alpha value is -0.610. The van der Waals surface area contributed by atoms with Gasteiger partial charge in [-0.05, 0) is 19.3 Å². The fourth-order valence-corrected chi connectivity index (χ4v) is 6.26. The molecule has 0 radical (unpaired) electrons. The second-order valence-electron chi connectivity index (χ2n) is 13.6. The van der Waals surface area contributed by atoms with E-state index in [1.165, 1.54) is 167 Å². The molecule has 0 amide bonds. The van der Waals surface area contributed by atoms with E-state index in [1.54, 1.807) is 0 Å². The Labute approximate surface area is 269 Å². The van der Waals surface area contributed by atoms with Crippen LogP contribution in [0.3, 0.4) is 0 Å². The normalized spacial score (nSPS) is 12.9. The lowest BCUT2D eigenvalue weighted by Gasteiger charge is -2.18. The van der Waals surface area contributed by atoms with Crippen molar-refractivity contribution in [2.45, 2.75) is 225 Å². The Morgan fingerprint density at radius 3 is 1.12 bits per heavy atom. The van der Waals surface area contributed by atoms with Gasteiger partial charge in [0.25, 0.3) is 0 Å². The highest BCUT2D eigenvalue weighted by molar-refractivity contribution is 5.72. The molecule has 0 aromatic heterocycles. The summed E-state index contributed by atoms with van der Waals surface area (Å²) in [5.74, 6) is -0.469. The minimum absolute atomic E-state index is 0.178. The molecule has 43 heavy (non-hydrogen) atoms. The van der Waals surface area contributed by atoms with Crippen molar-refractivity contribution in [1.82, 2.24) is 0 Å². The van der Waals surface area contributed by atoms with Gasteiger partial charge >= 0.3 is 5.97 Å². The van der Waals surface area contributed by atoms with Gasteiger partial charge in [-0.25, -0.2) is 0 Å². The summed E-state index contributed by atoms with van der Waals surface area (Å²) >= 11 is 0. The molecule has 0 aliphatic heterocycles. The first-order valence-electron chi connectivity index (χ1n) is 19.6. The van der Waals surface area contributed by atoms with Crippen LogP contribution >= 0.6 is 0 Å². The molecule has 0 heterocycles. The molecule has 0 spiro atoms. The smallest absolute Gasteiger partial charge is 0.309 e. The molecular weight excluding hydrogens is 532 g/mol. The van der Waals surface area contributed by atoms with Gasteiger partial charge in [0.1, 0.15) is 0 Å². The highest BCUT2D eigenvalue weighted by Crippen LogP contribution is 2.20. The molecule has 0 aromatic carbocycles. The maximum Gasteiger partial charge on any atom is 0.309 e. The maximum absolute atomic E-state index is 12.7. The number of hydrogen-bond acceptors (Lipinski definition) is 4. The standard InChI is InChI=1S/C39H78O4/c1-3-5-7-9-11-13-15-17-19-20-22-24-26-28-30-32-34-43-39(42)37(35-38(41)36-40)33-31-29-27-25-23-21-18-16-14-12-10-8-6-4-2/h37-38,40-41H,3-36H2,1-2H3. The zero-order chi connectivity index (χ0) is 31.5. The third-order valence-electron chi connectivity index (χ3n) is 9.25. The Morgan fingerprint density at radius 2 is 0.791 bits per heavy atom. The number of rotatable bonds is 36. The van der Waals surface area contributed by atoms with Crippen LogP contribution in [0.25, 0.3) is 0 Å². The minimum atomic E-state index is -0.834. The fraction of sp³-hybridized carbons (Fsp3) is 0.974. The van der Waals surface area contributed by atoms with E-state index in [9.17, 15) is 15.0 Å². The van der Waals surface area contributed by atoms with Gasteiger partial charge in [0, 0.05) is 0 Å². The summed E-state index contributed by atoms with van der Waals surface area (Å²) in [5.41, 5.74) is 0. The molecule has 0 fully saturated rings. The lowest BCUT2D eigenvalue weighted by molar-refractivity contribution is -0.150. The third kappa shape index (κ3) is 32.6. The van der Waals surface area contributed by atoms with Gasteiger partial charge in [-0.3, -0.25) is 4.79 Å². The highest BCUT2D eigenvalue weighted by atomic mass is 16.5. The van der Waals surface area contributed by atoms with E-state index in [4.69, 9.17) is 4.74 Å². The van der Waals surface area contributed by atoms with Gasteiger partial charge < -0.3 is 14.9 Å². The van der Waals surface area contributed by atoms with E-state index in [0.717, 1.165) is 32.1 Å². The van der Waals surface area contributed by atoms with Gasteiger partial charge in [0.05, 0.1) is 25.2 Å². The zero-order valence-electron chi connectivity index (χ0n) is 29.4. The number of aliphatic hydroxyl groups excluding tert-OH is 2. The van der Waals surface area contributed by atoms with Crippen molar-refractivity contribution in [3.05, 3.63) is 0 Å². The van der Waals surface area contributed by atoms with Crippen molar-refractivity contribution in [3.8, 4) is 0 Å². The average molecular weight is 611 g/mol. The van der Waals surface area contributed by atoms with Crippen LogP contribution in [0.2, 0.25) is 0 Å². The maximum atomic E-state index is 12.7. The van der Waals surface area contributed by atoms with Crippen molar-refractivity contribution in [2.24, 2.45) is 5.92 Å². The second kappa shape index (κ2) is 35.9. The van der Waals surface area contributed by atoms with Crippen LogP contribution in [0.5, 0.6) is 0 Å². The van der Waals surface area contributed by atoms with Crippen molar-refractivity contribution < 1.29 is 19.7 Å². The second-order valence-corrected chi connectivity index (χ2v) is 13.6. The lowest BCUT2D eigenvalue weighted by Crippen LogP contribution is -2.25. The van der Waals surface area contributed by atoms with Gasteiger partial charge in [-0.2, -0.15) is 0 Å². The van der Waals surface area contributed by atoms with Crippen molar-refractivity contribution in [1.29, 1.82) is 0 Å². The summed E-state index contributed by atoms with van der Waals surface area (Å²) < 4.78 is 5.61. The van der Waals surface area contributed by atoms with Crippen LogP contribution in [0.15, 0.2) is 0 Å². The van der Waals surface area contributed by atoms with E-state index in [0.29, 0.717) is 13.0 Å². The molecule has 2 unspecified atom stereocenters. The SMILES string of the molecule is CCCCCCCCCCCCCCCCCCOC(=O)C(CCCCCCCCCCCCCCCC)CC(O)CO. The Bertz CT molecular complexity index is 537. The molecule has 0 aliphatic rings. The van der Waals surface area contributed by atoms with E-state index >= 15 is 0 Å². The van der Waals surface area contributed by atoms with E-state index in [2.05, 4.69) is 13.8 Å². The fourth-order valence-electron chi connectivity index (χ4n) is 6.26. The molecule has 258 valence electrons.